The van der Waals surface area contributed by atoms with E-state index in [0.29, 0.717) is 6.54 Å². The van der Waals surface area contributed by atoms with E-state index in [1.165, 1.54) is 7.11 Å². The van der Waals surface area contributed by atoms with Crippen LogP contribution in [0.5, 0.6) is 0 Å². The minimum absolute atomic E-state index is 0.105. The summed E-state index contributed by atoms with van der Waals surface area (Å²) < 4.78 is 10.4. The minimum Gasteiger partial charge on any atom is -0.481 e. The summed E-state index contributed by atoms with van der Waals surface area (Å²) in [6, 6.07) is -0.247. The van der Waals surface area contributed by atoms with E-state index in [-0.39, 0.29) is 25.1 Å². The van der Waals surface area contributed by atoms with E-state index in [4.69, 9.17) is 14.6 Å². The number of carboxylic acid groups (broad SMARTS) is 1. The zero-order valence-corrected chi connectivity index (χ0v) is 11.4. The summed E-state index contributed by atoms with van der Waals surface area (Å²) in [5, 5.41) is 11.3. The first kappa shape index (κ1) is 15.7. The van der Waals surface area contributed by atoms with Gasteiger partial charge in [0.25, 0.3) is 0 Å². The maximum absolute atomic E-state index is 11.8. The molecule has 1 aliphatic heterocycles. The van der Waals surface area contributed by atoms with E-state index in [9.17, 15) is 9.59 Å². The second kappa shape index (κ2) is 7.96. The fraction of sp³-hybridized carbons (Fsp3) is 0.833. The third-order valence-corrected chi connectivity index (χ3v) is 3.06. The van der Waals surface area contributed by atoms with Crippen LogP contribution >= 0.6 is 0 Å². The fourth-order valence-corrected chi connectivity index (χ4v) is 1.95. The molecule has 1 heterocycles. The first-order valence-corrected chi connectivity index (χ1v) is 6.38. The van der Waals surface area contributed by atoms with Gasteiger partial charge in [0.15, 0.2) is 0 Å². The third-order valence-electron chi connectivity index (χ3n) is 3.06. The Morgan fingerprint density at radius 1 is 1.58 bits per heavy atom. The van der Waals surface area contributed by atoms with Crippen molar-refractivity contribution in [3.8, 4) is 0 Å². The number of hydrogen-bond donors (Lipinski definition) is 2. The molecule has 0 saturated carbocycles. The van der Waals surface area contributed by atoms with Gasteiger partial charge in [-0.25, -0.2) is 4.79 Å². The molecule has 0 aliphatic carbocycles. The van der Waals surface area contributed by atoms with Crippen LogP contribution in [0.15, 0.2) is 0 Å². The Labute approximate surface area is 112 Å². The van der Waals surface area contributed by atoms with E-state index < -0.39 is 12.1 Å². The van der Waals surface area contributed by atoms with E-state index in [1.54, 1.807) is 11.9 Å². The van der Waals surface area contributed by atoms with Gasteiger partial charge in [-0.1, -0.05) is 0 Å². The Bertz CT molecular complexity index is 304. The second-order valence-electron chi connectivity index (χ2n) is 4.66. The summed E-state index contributed by atoms with van der Waals surface area (Å²) in [4.78, 5) is 23.9. The van der Waals surface area contributed by atoms with Gasteiger partial charge < -0.3 is 24.8 Å². The second-order valence-corrected chi connectivity index (χ2v) is 4.66. The quantitative estimate of drug-likeness (QED) is 0.697. The Balaban J connectivity index is 2.26. The summed E-state index contributed by atoms with van der Waals surface area (Å²) in [6.07, 6.45) is 1.46. The molecule has 0 radical (unpaired) electrons. The van der Waals surface area contributed by atoms with Gasteiger partial charge >= 0.3 is 12.0 Å². The molecule has 2 unspecified atom stereocenters. The molecule has 2 N–H and O–H groups in total. The Morgan fingerprint density at radius 3 is 2.84 bits per heavy atom. The summed E-state index contributed by atoms with van der Waals surface area (Å²) in [6.45, 7) is 1.48. The van der Waals surface area contributed by atoms with Gasteiger partial charge in [0, 0.05) is 33.9 Å². The predicted molar refractivity (Wildman–Crippen MR) is 68.1 cm³/mol. The van der Waals surface area contributed by atoms with Crippen LogP contribution in [-0.2, 0) is 14.3 Å². The lowest BCUT2D eigenvalue weighted by atomic mass is 10.2. The molecular weight excluding hydrogens is 252 g/mol. The van der Waals surface area contributed by atoms with Gasteiger partial charge in [0.05, 0.1) is 18.6 Å². The number of likely N-dealkylation sites (N-methyl/N-ethyl adjacent to an activating group) is 1. The molecule has 110 valence electrons. The number of hydrogen-bond acceptors (Lipinski definition) is 4. The lowest BCUT2D eigenvalue weighted by Gasteiger charge is -2.22. The zero-order chi connectivity index (χ0) is 14.3. The van der Waals surface area contributed by atoms with Gasteiger partial charge in [-0.05, 0) is 12.8 Å². The monoisotopic (exact) mass is 274 g/mol. The molecule has 1 saturated heterocycles. The highest BCUT2D eigenvalue weighted by Crippen LogP contribution is 2.12. The lowest BCUT2D eigenvalue weighted by Crippen LogP contribution is -2.44. The molecule has 0 spiro atoms. The first-order valence-electron chi connectivity index (χ1n) is 6.38. The Morgan fingerprint density at radius 2 is 2.32 bits per heavy atom. The van der Waals surface area contributed by atoms with Crippen molar-refractivity contribution in [1.29, 1.82) is 0 Å². The van der Waals surface area contributed by atoms with Crippen LogP contribution in [0, 0.1) is 0 Å². The number of aliphatic carboxylic acids is 1. The predicted octanol–water partition coefficient (Wildman–Crippen LogP) is 0.297. The minimum atomic E-state index is -0.950. The number of ether oxygens (including phenoxy) is 2. The first-order chi connectivity index (χ1) is 9.02. The number of nitrogens with one attached hydrogen (secondary N) is 1. The van der Waals surface area contributed by atoms with Crippen molar-refractivity contribution in [2.75, 3.05) is 33.9 Å². The molecule has 7 nitrogen and oxygen atoms in total. The molecule has 1 aliphatic rings. The van der Waals surface area contributed by atoms with Crippen LogP contribution in [0.25, 0.3) is 0 Å². The molecule has 2 atom stereocenters. The van der Waals surface area contributed by atoms with Gasteiger partial charge in [-0.2, -0.15) is 0 Å². The number of carboxylic acids is 1. The van der Waals surface area contributed by atoms with Crippen LogP contribution in [0.3, 0.4) is 0 Å². The molecule has 0 aromatic heterocycles. The van der Waals surface area contributed by atoms with Gasteiger partial charge in [0.2, 0.25) is 0 Å². The molecule has 0 aromatic rings. The van der Waals surface area contributed by atoms with Crippen molar-refractivity contribution >= 4 is 12.0 Å². The van der Waals surface area contributed by atoms with Crippen LogP contribution < -0.4 is 5.32 Å². The van der Waals surface area contributed by atoms with Gasteiger partial charge in [-0.15, -0.1) is 0 Å². The van der Waals surface area contributed by atoms with Crippen molar-refractivity contribution in [2.45, 2.75) is 31.5 Å². The third kappa shape index (κ3) is 5.89. The van der Waals surface area contributed by atoms with Crippen molar-refractivity contribution in [3.63, 3.8) is 0 Å². The molecule has 1 rings (SSSR count). The average Bonchev–Trinajstić information content (AvgIpc) is 2.86. The standard InChI is InChI=1S/C12H22N2O5/c1-14(8-9-4-3-5-19-9)12(17)13-7-10(18-2)6-11(15)16/h9-10H,3-8H2,1-2H3,(H,13,17)(H,15,16). The van der Waals surface area contributed by atoms with Crippen molar-refractivity contribution in [2.24, 2.45) is 0 Å². The summed E-state index contributed by atoms with van der Waals surface area (Å²) >= 11 is 0. The van der Waals surface area contributed by atoms with Crippen LogP contribution in [0.2, 0.25) is 0 Å². The number of carbonyl (C=O) groups is 2. The Kier molecular flexibility index (Phi) is 6.58. The number of urea groups is 1. The number of amides is 2. The maximum atomic E-state index is 11.8. The average molecular weight is 274 g/mol. The maximum Gasteiger partial charge on any atom is 0.317 e. The van der Waals surface area contributed by atoms with Crippen LogP contribution in [0.1, 0.15) is 19.3 Å². The smallest absolute Gasteiger partial charge is 0.317 e. The number of methoxy groups -OCH3 is 1. The van der Waals surface area contributed by atoms with Gasteiger partial charge in [0.1, 0.15) is 0 Å². The van der Waals surface area contributed by atoms with E-state index >= 15 is 0 Å². The SMILES string of the molecule is COC(CNC(=O)N(C)CC1CCCO1)CC(=O)O. The van der Waals surface area contributed by atoms with Crippen molar-refractivity contribution < 1.29 is 24.2 Å². The normalized spacial score (nSPS) is 20.0. The van der Waals surface area contributed by atoms with Gasteiger partial charge in [-0.3, -0.25) is 4.79 Å². The molecule has 2 amide bonds. The fourth-order valence-electron chi connectivity index (χ4n) is 1.95. The number of rotatable bonds is 7. The topological polar surface area (TPSA) is 88.1 Å². The van der Waals surface area contributed by atoms with E-state index in [1.807, 2.05) is 0 Å². The highest BCUT2D eigenvalue weighted by Gasteiger charge is 2.20. The number of nitrogens with zero attached hydrogens (tertiary/aromatic N) is 1. The van der Waals surface area contributed by atoms with E-state index in [0.717, 1.165) is 19.4 Å². The molecule has 19 heavy (non-hydrogen) atoms. The van der Waals surface area contributed by atoms with Crippen LogP contribution in [-0.4, -0.2) is 68.1 Å². The van der Waals surface area contributed by atoms with Crippen LogP contribution in [0.4, 0.5) is 4.79 Å². The number of carbonyl (C=O) groups excluding carboxylic acids is 1. The molecule has 0 bridgehead atoms. The molecule has 1 fully saturated rings. The van der Waals surface area contributed by atoms with Crippen molar-refractivity contribution in [1.82, 2.24) is 10.2 Å². The largest absolute Gasteiger partial charge is 0.481 e. The highest BCUT2D eigenvalue weighted by atomic mass is 16.5. The summed E-state index contributed by atoms with van der Waals surface area (Å²) in [7, 11) is 3.12. The summed E-state index contributed by atoms with van der Waals surface area (Å²) in [5.41, 5.74) is 0. The summed E-state index contributed by atoms with van der Waals surface area (Å²) in [5.74, 6) is -0.950. The zero-order valence-electron chi connectivity index (χ0n) is 11.4. The molecule has 0 aromatic carbocycles. The lowest BCUT2D eigenvalue weighted by molar-refractivity contribution is -0.139. The van der Waals surface area contributed by atoms with Crippen molar-refractivity contribution in [3.05, 3.63) is 0 Å². The Hall–Kier alpha value is -1.34. The highest BCUT2D eigenvalue weighted by molar-refractivity contribution is 5.74. The van der Waals surface area contributed by atoms with E-state index in [2.05, 4.69) is 5.32 Å². The molecular formula is C12H22N2O5. The molecule has 7 heteroatoms.